The van der Waals surface area contributed by atoms with Crippen LogP contribution < -0.4 is 10.6 Å². The lowest BCUT2D eigenvalue weighted by Crippen LogP contribution is -2.13. The van der Waals surface area contributed by atoms with Crippen molar-refractivity contribution in [1.29, 1.82) is 0 Å². The van der Waals surface area contributed by atoms with Gasteiger partial charge in [-0.3, -0.25) is 10.1 Å². The number of anilines is 2. The van der Waals surface area contributed by atoms with Crippen molar-refractivity contribution >= 4 is 54.9 Å². The second-order valence-corrected chi connectivity index (χ2v) is 6.65. The number of nitrogens with zero attached hydrogens (tertiary/aromatic N) is 2. The maximum atomic E-state index is 12.4. The minimum absolute atomic E-state index is 0.219. The number of fused-ring (bicyclic) bond motifs is 1. The Balaban J connectivity index is 2.02. The minimum Gasteiger partial charge on any atom is -0.373 e. The standard InChI is InChI=1S/C14H11BrN4OS/c1-16-12-9-5-3-2-4-8(9)10(6-17-12)13(20)19-14-18-7-11(15)21-14/h2-7H,1H3,(H,16,17)(H,18,19,20). The number of hydrogen-bond acceptors (Lipinski definition) is 5. The molecule has 3 rings (SSSR count). The molecule has 0 unspecified atom stereocenters. The molecule has 0 radical (unpaired) electrons. The predicted molar refractivity (Wildman–Crippen MR) is 89.1 cm³/mol. The van der Waals surface area contributed by atoms with Crippen LogP contribution in [-0.2, 0) is 0 Å². The maximum absolute atomic E-state index is 12.4. The van der Waals surface area contributed by atoms with Crippen LogP contribution in [0.1, 0.15) is 10.4 Å². The summed E-state index contributed by atoms with van der Waals surface area (Å²) in [4.78, 5) is 20.8. The molecule has 0 aliphatic carbocycles. The monoisotopic (exact) mass is 362 g/mol. The van der Waals surface area contributed by atoms with Crippen molar-refractivity contribution in [3.05, 3.63) is 46.0 Å². The lowest BCUT2D eigenvalue weighted by molar-refractivity contribution is 0.102. The summed E-state index contributed by atoms with van der Waals surface area (Å²) in [5, 5.41) is 8.13. The highest BCUT2D eigenvalue weighted by Gasteiger charge is 2.14. The first kappa shape index (κ1) is 14.0. The van der Waals surface area contributed by atoms with Gasteiger partial charge in [-0.15, -0.1) is 0 Å². The summed E-state index contributed by atoms with van der Waals surface area (Å²) in [5.41, 5.74) is 0.524. The second kappa shape index (κ2) is 5.79. The molecule has 3 aromatic rings. The Morgan fingerprint density at radius 1 is 1.19 bits per heavy atom. The van der Waals surface area contributed by atoms with Crippen molar-refractivity contribution in [2.45, 2.75) is 0 Å². The lowest BCUT2D eigenvalue weighted by atomic mass is 10.1. The molecule has 21 heavy (non-hydrogen) atoms. The summed E-state index contributed by atoms with van der Waals surface area (Å²) < 4.78 is 0.867. The van der Waals surface area contributed by atoms with Gasteiger partial charge in [0.2, 0.25) is 0 Å². The van der Waals surface area contributed by atoms with Crippen molar-refractivity contribution in [2.75, 3.05) is 17.7 Å². The third kappa shape index (κ3) is 2.74. The van der Waals surface area contributed by atoms with Gasteiger partial charge in [0.05, 0.1) is 15.5 Å². The topological polar surface area (TPSA) is 66.9 Å². The Labute approximate surface area is 133 Å². The first-order valence-corrected chi connectivity index (χ1v) is 7.78. The van der Waals surface area contributed by atoms with Gasteiger partial charge in [-0.1, -0.05) is 35.6 Å². The minimum atomic E-state index is -0.219. The molecule has 0 atom stereocenters. The van der Waals surface area contributed by atoms with Gasteiger partial charge in [0.25, 0.3) is 5.91 Å². The number of halogens is 1. The fraction of sp³-hybridized carbons (Fsp3) is 0.0714. The van der Waals surface area contributed by atoms with Crippen LogP contribution in [0.3, 0.4) is 0 Å². The SMILES string of the molecule is CNc1ncc(C(=O)Nc2ncc(Br)s2)c2ccccc12. The summed E-state index contributed by atoms with van der Waals surface area (Å²) in [6.07, 6.45) is 3.23. The van der Waals surface area contributed by atoms with Crippen molar-refractivity contribution in [2.24, 2.45) is 0 Å². The van der Waals surface area contributed by atoms with Crippen LogP contribution in [0, 0.1) is 0 Å². The Bertz CT molecular complexity index is 818. The molecule has 2 heterocycles. The summed E-state index contributed by atoms with van der Waals surface area (Å²) in [6.45, 7) is 0. The van der Waals surface area contributed by atoms with Crippen molar-refractivity contribution in [3.8, 4) is 0 Å². The molecule has 5 nitrogen and oxygen atoms in total. The average molecular weight is 363 g/mol. The molecule has 1 amide bonds. The van der Waals surface area contributed by atoms with Gasteiger partial charge in [0, 0.05) is 18.6 Å². The van der Waals surface area contributed by atoms with E-state index in [9.17, 15) is 4.79 Å². The molecule has 2 N–H and O–H groups in total. The average Bonchev–Trinajstić information content (AvgIpc) is 2.91. The molecule has 7 heteroatoms. The zero-order valence-corrected chi connectivity index (χ0v) is 13.5. The molecule has 106 valence electrons. The van der Waals surface area contributed by atoms with Crippen LogP contribution in [0.4, 0.5) is 10.9 Å². The molecule has 0 saturated carbocycles. The molecule has 0 saturated heterocycles. The maximum Gasteiger partial charge on any atom is 0.259 e. The van der Waals surface area contributed by atoms with E-state index in [2.05, 4.69) is 36.5 Å². The van der Waals surface area contributed by atoms with Gasteiger partial charge in [0.1, 0.15) is 5.82 Å². The number of amides is 1. The number of carbonyl (C=O) groups excluding carboxylic acids is 1. The first-order valence-electron chi connectivity index (χ1n) is 6.17. The van der Waals surface area contributed by atoms with Gasteiger partial charge < -0.3 is 5.32 Å². The van der Waals surface area contributed by atoms with Gasteiger partial charge in [-0.25, -0.2) is 9.97 Å². The highest BCUT2D eigenvalue weighted by Crippen LogP contribution is 2.27. The number of aromatic nitrogens is 2. The molecular formula is C14H11BrN4OS. The van der Waals surface area contributed by atoms with Gasteiger partial charge in [-0.2, -0.15) is 0 Å². The number of hydrogen-bond donors (Lipinski definition) is 2. The summed E-state index contributed by atoms with van der Waals surface area (Å²) >= 11 is 4.69. The molecule has 2 aromatic heterocycles. The first-order chi connectivity index (χ1) is 10.2. The van der Waals surface area contributed by atoms with Crippen molar-refractivity contribution in [1.82, 2.24) is 9.97 Å². The van der Waals surface area contributed by atoms with E-state index in [1.807, 2.05) is 31.3 Å². The van der Waals surface area contributed by atoms with Crippen LogP contribution in [0.2, 0.25) is 0 Å². The molecule has 0 aliphatic rings. The number of nitrogens with one attached hydrogen (secondary N) is 2. The summed E-state index contributed by atoms with van der Waals surface area (Å²) in [6, 6.07) is 7.67. The third-order valence-corrected chi connectivity index (χ3v) is 4.37. The summed E-state index contributed by atoms with van der Waals surface area (Å²) in [5.74, 6) is 0.530. The number of carbonyl (C=O) groups is 1. The lowest BCUT2D eigenvalue weighted by Gasteiger charge is -2.09. The third-order valence-electron chi connectivity index (χ3n) is 2.97. The van der Waals surface area contributed by atoms with E-state index in [1.54, 1.807) is 12.4 Å². The van der Waals surface area contributed by atoms with E-state index in [4.69, 9.17) is 0 Å². The van der Waals surface area contributed by atoms with Crippen LogP contribution in [0.25, 0.3) is 10.8 Å². The zero-order valence-electron chi connectivity index (χ0n) is 11.1. The Morgan fingerprint density at radius 2 is 1.95 bits per heavy atom. The molecule has 0 spiro atoms. The predicted octanol–water partition coefficient (Wildman–Crippen LogP) is 3.75. The Hall–Kier alpha value is -1.99. The van der Waals surface area contributed by atoms with E-state index in [0.717, 1.165) is 20.4 Å². The normalized spacial score (nSPS) is 10.6. The van der Waals surface area contributed by atoms with E-state index in [-0.39, 0.29) is 5.91 Å². The fourth-order valence-corrected chi connectivity index (χ4v) is 3.15. The Morgan fingerprint density at radius 3 is 2.62 bits per heavy atom. The highest BCUT2D eigenvalue weighted by molar-refractivity contribution is 9.11. The van der Waals surface area contributed by atoms with Crippen LogP contribution in [-0.4, -0.2) is 22.9 Å². The number of thiazole rings is 1. The fourth-order valence-electron chi connectivity index (χ4n) is 2.05. The van der Waals surface area contributed by atoms with E-state index in [1.165, 1.54) is 11.3 Å². The van der Waals surface area contributed by atoms with Gasteiger partial charge in [0.15, 0.2) is 5.13 Å². The highest BCUT2D eigenvalue weighted by atomic mass is 79.9. The van der Waals surface area contributed by atoms with Gasteiger partial charge >= 0.3 is 0 Å². The smallest absolute Gasteiger partial charge is 0.259 e. The molecule has 1 aromatic carbocycles. The van der Waals surface area contributed by atoms with Crippen LogP contribution in [0.5, 0.6) is 0 Å². The Kier molecular flexibility index (Phi) is 3.85. The summed E-state index contributed by atoms with van der Waals surface area (Å²) in [7, 11) is 1.81. The van der Waals surface area contributed by atoms with Crippen molar-refractivity contribution < 1.29 is 4.79 Å². The van der Waals surface area contributed by atoms with E-state index >= 15 is 0 Å². The van der Waals surface area contributed by atoms with E-state index in [0.29, 0.717) is 10.7 Å². The largest absolute Gasteiger partial charge is 0.373 e. The van der Waals surface area contributed by atoms with Crippen LogP contribution >= 0.6 is 27.3 Å². The van der Waals surface area contributed by atoms with Crippen molar-refractivity contribution in [3.63, 3.8) is 0 Å². The number of rotatable bonds is 3. The number of benzene rings is 1. The quantitative estimate of drug-likeness (QED) is 0.744. The van der Waals surface area contributed by atoms with Crippen LogP contribution in [0.15, 0.2) is 40.4 Å². The van der Waals surface area contributed by atoms with Gasteiger partial charge in [-0.05, 0) is 21.3 Å². The number of pyridine rings is 1. The zero-order chi connectivity index (χ0) is 14.8. The van der Waals surface area contributed by atoms with E-state index < -0.39 is 0 Å². The second-order valence-electron chi connectivity index (χ2n) is 4.24. The molecule has 0 aliphatic heterocycles. The molecule has 0 bridgehead atoms. The molecular weight excluding hydrogens is 352 g/mol. The molecule has 0 fully saturated rings.